The van der Waals surface area contributed by atoms with Gasteiger partial charge in [-0.15, -0.1) is 0 Å². The molecule has 0 atom stereocenters. The fraction of sp³-hybridized carbons (Fsp3) is 0.312. The molecule has 0 spiro atoms. The number of hydrogen-bond donors (Lipinski definition) is 1. The quantitative estimate of drug-likeness (QED) is 0.761. The van der Waals surface area contributed by atoms with Crippen molar-refractivity contribution >= 4 is 58.1 Å². The zero-order valence-corrected chi connectivity index (χ0v) is 15.7. The summed E-state index contributed by atoms with van der Waals surface area (Å²) in [6, 6.07) is 2.79. The Labute approximate surface area is 163 Å². The second kappa shape index (κ2) is 7.87. The molecule has 3 rings (SSSR count). The molecule has 2 saturated heterocycles. The minimum Gasteiger partial charge on any atom is -0.506 e. The lowest BCUT2D eigenvalue weighted by atomic mass is 10.2. The molecule has 0 saturated carbocycles. The van der Waals surface area contributed by atoms with Gasteiger partial charge >= 0.3 is 0 Å². The van der Waals surface area contributed by atoms with Crippen molar-refractivity contribution in [2.45, 2.75) is 0 Å². The molecule has 1 aromatic rings. The fourth-order valence-electron chi connectivity index (χ4n) is 2.52. The van der Waals surface area contributed by atoms with Gasteiger partial charge in [-0.2, -0.15) is 0 Å². The van der Waals surface area contributed by atoms with Crippen LogP contribution in [0.2, 0.25) is 10.0 Å². The summed E-state index contributed by atoms with van der Waals surface area (Å²) in [4.78, 5) is 39.4. The first-order valence-corrected chi connectivity index (χ1v) is 9.23. The highest BCUT2D eigenvalue weighted by atomic mass is 35.5. The number of carbonyl (C=O) groups is 3. The highest BCUT2D eigenvalue weighted by Crippen LogP contribution is 2.37. The van der Waals surface area contributed by atoms with Crippen LogP contribution in [-0.2, 0) is 14.3 Å². The molecule has 2 heterocycles. The van der Waals surface area contributed by atoms with E-state index in [1.54, 1.807) is 4.90 Å². The Hall–Kier alpha value is -1.74. The average Bonchev–Trinajstić information content (AvgIpc) is 2.87. The summed E-state index contributed by atoms with van der Waals surface area (Å²) in [5.74, 6) is -1.16. The number of thioether (sulfide) groups is 1. The Kier molecular flexibility index (Phi) is 5.76. The monoisotopic (exact) mass is 416 g/mol. The van der Waals surface area contributed by atoms with E-state index in [1.165, 1.54) is 18.2 Å². The summed E-state index contributed by atoms with van der Waals surface area (Å²) in [5.41, 5.74) is 0.215. The molecule has 1 aromatic carbocycles. The van der Waals surface area contributed by atoms with Crippen molar-refractivity contribution in [1.82, 2.24) is 9.80 Å². The fourth-order valence-corrected chi connectivity index (χ4v) is 3.86. The van der Waals surface area contributed by atoms with Crippen LogP contribution >= 0.6 is 35.0 Å². The third kappa shape index (κ3) is 3.98. The van der Waals surface area contributed by atoms with Gasteiger partial charge in [-0.1, -0.05) is 23.2 Å². The van der Waals surface area contributed by atoms with Crippen molar-refractivity contribution in [1.29, 1.82) is 0 Å². The number of carbonyl (C=O) groups excluding carboxylic acids is 3. The third-order valence-corrected chi connectivity index (χ3v) is 5.29. The molecule has 0 aliphatic carbocycles. The van der Waals surface area contributed by atoms with E-state index in [9.17, 15) is 19.5 Å². The molecule has 2 aliphatic rings. The number of halogens is 2. The topological polar surface area (TPSA) is 87.2 Å². The van der Waals surface area contributed by atoms with Gasteiger partial charge < -0.3 is 14.7 Å². The number of hydrogen-bond acceptors (Lipinski definition) is 6. The van der Waals surface area contributed by atoms with Crippen LogP contribution in [-0.4, -0.2) is 64.8 Å². The van der Waals surface area contributed by atoms with Gasteiger partial charge in [0, 0.05) is 23.7 Å². The molecular formula is C16H14Cl2N2O5S. The van der Waals surface area contributed by atoms with Crippen molar-refractivity contribution in [3.05, 3.63) is 32.6 Å². The number of benzene rings is 1. The predicted octanol–water partition coefficient (Wildman–Crippen LogP) is 2.59. The summed E-state index contributed by atoms with van der Waals surface area (Å²) >= 11 is 12.5. The van der Waals surface area contributed by atoms with Crippen LogP contribution in [0.5, 0.6) is 5.75 Å². The summed E-state index contributed by atoms with van der Waals surface area (Å²) in [6.45, 7) is 1.40. The number of amides is 3. The molecule has 138 valence electrons. The summed E-state index contributed by atoms with van der Waals surface area (Å²) in [6.07, 6.45) is 1.33. The SMILES string of the molecule is O=C(CN1C(=O)S/C(=C\c2cc(Cl)cc(Cl)c2O)C1=O)N1CCOCC1. The van der Waals surface area contributed by atoms with E-state index in [4.69, 9.17) is 27.9 Å². The zero-order valence-electron chi connectivity index (χ0n) is 13.4. The molecule has 10 heteroatoms. The van der Waals surface area contributed by atoms with Gasteiger partial charge in [0.1, 0.15) is 12.3 Å². The van der Waals surface area contributed by atoms with Crippen molar-refractivity contribution < 1.29 is 24.2 Å². The molecule has 1 N–H and O–H groups in total. The van der Waals surface area contributed by atoms with E-state index in [0.717, 1.165) is 4.90 Å². The van der Waals surface area contributed by atoms with Gasteiger partial charge in [-0.05, 0) is 30.0 Å². The minimum absolute atomic E-state index is 0.0328. The first-order chi connectivity index (χ1) is 12.4. The Bertz CT molecular complexity index is 808. The lowest BCUT2D eigenvalue weighted by Crippen LogP contribution is -2.46. The molecule has 2 aliphatic heterocycles. The maximum atomic E-state index is 12.5. The van der Waals surface area contributed by atoms with Gasteiger partial charge in [0.05, 0.1) is 23.1 Å². The second-order valence-corrected chi connectivity index (χ2v) is 7.42. The predicted molar refractivity (Wildman–Crippen MR) is 98.2 cm³/mol. The summed E-state index contributed by atoms with van der Waals surface area (Å²) < 4.78 is 5.18. The standard InChI is InChI=1S/C16H14Cl2N2O5S/c17-10-5-9(14(22)11(18)7-10)6-12-15(23)20(16(24)26-12)8-13(21)19-1-3-25-4-2-19/h5-7,22H,1-4,8H2/b12-6-. The van der Waals surface area contributed by atoms with Crippen LogP contribution in [0, 0.1) is 0 Å². The number of rotatable bonds is 3. The van der Waals surface area contributed by atoms with Crippen LogP contribution in [0.1, 0.15) is 5.56 Å². The molecule has 3 amide bonds. The molecular weight excluding hydrogens is 403 g/mol. The minimum atomic E-state index is -0.600. The highest BCUT2D eigenvalue weighted by molar-refractivity contribution is 8.18. The van der Waals surface area contributed by atoms with Crippen LogP contribution in [0.3, 0.4) is 0 Å². The van der Waals surface area contributed by atoms with E-state index in [-0.39, 0.29) is 38.7 Å². The third-order valence-electron chi connectivity index (χ3n) is 3.88. The van der Waals surface area contributed by atoms with E-state index < -0.39 is 11.1 Å². The highest BCUT2D eigenvalue weighted by Gasteiger charge is 2.37. The second-order valence-electron chi connectivity index (χ2n) is 5.59. The molecule has 0 bridgehead atoms. The summed E-state index contributed by atoms with van der Waals surface area (Å²) in [5, 5.41) is 9.75. The van der Waals surface area contributed by atoms with Gasteiger partial charge in [0.15, 0.2) is 0 Å². The number of imide groups is 1. The number of phenolic OH excluding ortho intramolecular Hbond substituents is 1. The molecule has 0 unspecified atom stereocenters. The normalized spacial score (nSPS) is 19.5. The van der Waals surface area contributed by atoms with Crippen LogP contribution in [0.15, 0.2) is 17.0 Å². The smallest absolute Gasteiger partial charge is 0.294 e. The van der Waals surface area contributed by atoms with Crippen LogP contribution in [0.25, 0.3) is 6.08 Å². The molecule has 0 aromatic heterocycles. The maximum absolute atomic E-state index is 12.5. The van der Waals surface area contributed by atoms with Gasteiger partial charge in [-0.25, -0.2) is 0 Å². The molecule has 26 heavy (non-hydrogen) atoms. The Balaban J connectivity index is 1.77. The van der Waals surface area contributed by atoms with Crippen molar-refractivity contribution in [2.75, 3.05) is 32.8 Å². The Morgan fingerprint density at radius 2 is 1.96 bits per heavy atom. The number of morpholine rings is 1. The van der Waals surface area contributed by atoms with Gasteiger partial charge in [-0.3, -0.25) is 19.3 Å². The average molecular weight is 417 g/mol. The lowest BCUT2D eigenvalue weighted by molar-refractivity contribution is -0.139. The van der Waals surface area contributed by atoms with E-state index in [0.29, 0.717) is 38.1 Å². The van der Waals surface area contributed by atoms with E-state index >= 15 is 0 Å². The van der Waals surface area contributed by atoms with Gasteiger partial charge in [0.2, 0.25) is 5.91 Å². The summed E-state index contributed by atoms with van der Waals surface area (Å²) in [7, 11) is 0. The molecule has 0 radical (unpaired) electrons. The maximum Gasteiger partial charge on any atom is 0.294 e. The Morgan fingerprint density at radius 3 is 2.65 bits per heavy atom. The van der Waals surface area contributed by atoms with Crippen LogP contribution in [0.4, 0.5) is 4.79 Å². The zero-order chi connectivity index (χ0) is 18.8. The first kappa shape index (κ1) is 19.0. The lowest BCUT2D eigenvalue weighted by Gasteiger charge is -2.28. The van der Waals surface area contributed by atoms with Crippen LogP contribution < -0.4 is 0 Å². The van der Waals surface area contributed by atoms with E-state index in [1.807, 2.05) is 0 Å². The van der Waals surface area contributed by atoms with E-state index in [2.05, 4.69) is 0 Å². The van der Waals surface area contributed by atoms with Crippen molar-refractivity contribution in [3.8, 4) is 5.75 Å². The first-order valence-electron chi connectivity index (χ1n) is 7.65. The molecule has 2 fully saturated rings. The number of nitrogens with zero attached hydrogens (tertiary/aromatic N) is 2. The van der Waals surface area contributed by atoms with Gasteiger partial charge in [0.25, 0.3) is 11.1 Å². The van der Waals surface area contributed by atoms with Crippen molar-refractivity contribution in [2.24, 2.45) is 0 Å². The Morgan fingerprint density at radius 1 is 1.27 bits per heavy atom. The number of ether oxygens (including phenoxy) is 1. The number of aromatic hydroxyl groups is 1. The van der Waals surface area contributed by atoms with Crippen molar-refractivity contribution in [3.63, 3.8) is 0 Å². The number of phenols is 1. The largest absolute Gasteiger partial charge is 0.506 e. The molecule has 7 nitrogen and oxygen atoms in total.